The second-order valence-corrected chi connectivity index (χ2v) is 6.51. The van der Waals surface area contributed by atoms with E-state index in [0.29, 0.717) is 6.04 Å². The molecule has 0 saturated heterocycles. The summed E-state index contributed by atoms with van der Waals surface area (Å²) in [6.45, 7) is 0. The fraction of sp³-hybridized carbons (Fsp3) is 0.267. The van der Waals surface area contributed by atoms with Crippen LogP contribution in [0.1, 0.15) is 17.5 Å². The summed E-state index contributed by atoms with van der Waals surface area (Å²) in [5.41, 5.74) is 4.00. The SMILES string of the molecule is Brc1ccc2c(c1)CCC(Nc1cccnc1Br)C2. The predicted molar refractivity (Wildman–Crippen MR) is 85.5 cm³/mol. The molecule has 1 N–H and O–H groups in total. The maximum absolute atomic E-state index is 4.25. The summed E-state index contributed by atoms with van der Waals surface area (Å²) in [5.74, 6) is 0. The molecule has 1 unspecified atom stereocenters. The van der Waals surface area contributed by atoms with E-state index in [1.54, 1.807) is 6.20 Å². The maximum Gasteiger partial charge on any atom is 0.129 e. The van der Waals surface area contributed by atoms with E-state index in [1.165, 1.54) is 15.6 Å². The van der Waals surface area contributed by atoms with Gasteiger partial charge in [0.2, 0.25) is 0 Å². The Hall–Kier alpha value is -0.870. The van der Waals surface area contributed by atoms with Crippen molar-refractivity contribution in [3.63, 3.8) is 0 Å². The van der Waals surface area contributed by atoms with Crippen molar-refractivity contribution in [1.82, 2.24) is 4.98 Å². The minimum absolute atomic E-state index is 0.481. The minimum Gasteiger partial charge on any atom is -0.380 e. The van der Waals surface area contributed by atoms with Crippen LogP contribution in [0.5, 0.6) is 0 Å². The number of benzene rings is 1. The first-order chi connectivity index (χ1) is 9.22. The number of aryl methyl sites for hydroxylation is 1. The minimum atomic E-state index is 0.481. The highest BCUT2D eigenvalue weighted by Crippen LogP contribution is 2.28. The zero-order chi connectivity index (χ0) is 13.2. The first-order valence-electron chi connectivity index (χ1n) is 6.37. The largest absolute Gasteiger partial charge is 0.380 e. The lowest BCUT2D eigenvalue weighted by atomic mass is 9.88. The number of halogens is 2. The van der Waals surface area contributed by atoms with Crippen LogP contribution >= 0.6 is 31.9 Å². The number of hydrogen-bond acceptors (Lipinski definition) is 2. The smallest absolute Gasteiger partial charge is 0.129 e. The Morgan fingerprint density at radius 3 is 2.89 bits per heavy atom. The van der Waals surface area contributed by atoms with Crippen LogP contribution in [0.3, 0.4) is 0 Å². The third kappa shape index (κ3) is 3.00. The van der Waals surface area contributed by atoms with Crippen molar-refractivity contribution in [2.75, 3.05) is 5.32 Å². The van der Waals surface area contributed by atoms with Crippen LogP contribution in [0.4, 0.5) is 5.69 Å². The first-order valence-corrected chi connectivity index (χ1v) is 7.95. The topological polar surface area (TPSA) is 24.9 Å². The fourth-order valence-corrected chi connectivity index (χ4v) is 3.33. The normalized spacial score (nSPS) is 17.9. The van der Waals surface area contributed by atoms with E-state index in [-0.39, 0.29) is 0 Å². The van der Waals surface area contributed by atoms with E-state index in [4.69, 9.17) is 0 Å². The lowest BCUT2D eigenvalue weighted by molar-refractivity contribution is 0.610. The third-order valence-electron chi connectivity index (χ3n) is 3.52. The quantitative estimate of drug-likeness (QED) is 0.770. The molecule has 0 spiro atoms. The number of aromatic nitrogens is 1. The van der Waals surface area contributed by atoms with Crippen LogP contribution < -0.4 is 5.32 Å². The molecule has 4 heteroatoms. The molecule has 1 aromatic carbocycles. The van der Waals surface area contributed by atoms with Crippen LogP contribution in [-0.2, 0) is 12.8 Å². The standard InChI is InChI=1S/C15H14Br2N2/c16-12-5-3-11-9-13(6-4-10(11)8-12)19-14-2-1-7-18-15(14)17/h1-3,5,7-8,13,19H,4,6,9H2. The zero-order valence-corrected chi connectivity index (χ0v) is 13.5. The highest BCUT2D eigenvalue weighted by Gasteiger charge is 2.19. The number of rotatable bonds is 2. The fourth-order valence-electron chi connectivity index (χ4n) is 2.56. The molecule has 98 valence electrons. The second kappa shape index (κ2) is 5.63. The molecular formula is C15H14Br2N2. The van der Waals surface area contributed by atoms with Crippen LogP contribution in [0.2, 0.25) is 0 Å². The summed E-state index contributed by atoms with van der Waals surface area (Å²) in [5, 5.41) is 3.58. The Morgan fingerprint density at radius 2 is 2.05 bits per heavy atom. The van der Waals surface area contributed by atoms with E-state index < -0.39 is 0 Å². The molecule has 1 aromatic heterocycles. The van der Waals surface area contributed by atoms with Crippen molar-refractivity contribution < 1.29 is 0 Å². The van der Waals surface area contributed by atoms with E-state index in [0.717, 1.165) is 29.6 Å². The summed E-state index contributed by atoms with van der Waals surface area (Å²) in [4.78, 5) is 4.25. The van der Waals surface area contributed by atoms with E-state index in [2.05, 4.69) is 66.4 Å². The van der Waals surface area contributed by atoms with Gasteiger partial charge in [-0.15, -0.1) is 0 Å². The maximum atomic E-state index is 4.25. The summed E-state index contributed by atoms with van der Waals surface area (Å²) >= 11 is 7.02. The van der Waals surface area contributed by atoms with Gasteiger partial charge in [-0.05, 0) is 70.6 Å². The molecule has 19 heavy (non-hydrogen) atoms. The molecule has 2 nitrogen and oxygen atoms in total. The average Bonchev–Trinajstić information content (AvgIpc) is 2.41. The zero-order valence-electron chi connectivity index (χ0n) is 10.4. The van der Waals surface area contributed by atoms with Gasteiger partial charge in [0.1, 0.15) is 4.60 Å². The van der Waals surface area contributed by atoms with Gasteiger partial charge in [-0.3, -0.25) is 0 Å². The molecule has 1 heterocycles. The number of nitrogens with zero attached hydrogens (tertiary/aromatic N) is 1. The van der Waals surface area contributed by atoms with Crippen LogP contribution in [-0.4, -0.2) is 11.0 Å². The summed E-state index contributed by atoms with van der Waals surface area (Å²) in [7, 11) is 0. The van der Waals surface area contributed by atoms with Crippen LogP contribution in [0, 0.1) is 0 Å². The molecule has 2 aromatic rings. The summed E-state index contributed by atoms with van der Waals surface area (Å²) in [6.07, 6.45) is 5.15. The van der Waals surface area contributed by atoms with Gasteiger partial charge in [-0.25, -0.2) is 4.98 Å². The second-order valence-electron chi connectivity index (χ2n) is 4.84. The number of anilines is 1. The Kier molecular flexibility index (Phi) is 3.89. The highest BCUT2D eigenvalue weighted by molar-refractivity contribution is 9.10. The average molecular weight is 382 g/mol. The summed E-state index contributed by atoms with van der Waals surface area (Å²) in [6, 6.07) is 11.1. The highest BCUT2D eigenvalue weighted by atomic mass is 79.9. The predicted octanol–water partition coefficient (Wildman–Crippen LogP) is 4.58. The Labute approximate surface area is 129 Å². The molecule has 1 atom stereocenters. The number of pyridine rings is 1. The van der Waals surface area contributed by atoms with Gasteiger partial charge in [0.25, 0.3) is 0 Å². The number of fused-ring (bicyclic) bond motifs is 1. The molecule has 0 radical (unpaired) electrons. The molecule has 0 fully saturated rings. The molecular weight excluding hydrogens is 368 g/mol. The third-order valence-corrected chi connectivity index (χ3v) is 4.64. The first kappa shape index (κ1) is 13.1. The van der Waals surface area contributed by atoms with Crippen LogP contribution in [0.25, 0.3) is 0 Å². The molecule has 1 aliphatic carbocycles. The van der Waals surface area contributed by atoms with Gasteiger partial charge in [0, 0.05) is 16.7 Å². The van der Waals surface area contributed by atoms with Gasteiger partial charge < -0.3 is 5.32 Å². The van der Waals surface area contributed by atoms with Gasteiger partial charge in [-0.1, -0.05) is 22.0 Å². The molecule has 0 saturated carbocycles. The number of hydrogen-bond donors (Lipinski definition) is 1. The molecule has 3 rings (SSSR count). The monoisotopic (exact) mass is 380 g/mol. The molecule has 0 bridgehead atoms. The van der Waals surface area contributed by atoms with Crippen molar-refractivity contribution in [3.05, 3.63) is 56.7 Å². The Balaban J connectivity index is 1.76. The van der Waals surface area contributed by atoms with Crippen LogP contribution in [0.15, 0.2) is 45.6 Å². The molecule has 0 aliphatic heterocycles. The van der Waals surface area contributed by atoms with E-state index in [9.17, 15) is 0 Å². The van der Waals surface area contributed by atoms with Gasteiger partial charge in [-0.2, -0.15) is 0 Å². The van der Waals surface area contributed by atoms with E-state index in [1.807, 2.05) is 6.07 Å². The van der Waals surface area contributed by atoms with Gasteiger partial charge in [0.15, 0.2) is 0 Å². The van der Waals surface area contributed by atoms with Crippen molar-refractivity contribution >= 4 is 37.5 Å². The van der Waals surface area contributed by atoms with Crippen molar-refractivity contribution in [1.29, 1.82) is 0 Å². The lowest BCUT2D eigenvalue weighted by Crippen LogP contribution is -2.27. The molecule has 0 amide bonds. The van der Waals surface area contributed by atoms with E-state index >= 15 is 0 Å². The van der Waals surface area contributed by atoms with Crippen molar-refractivity contribution in [2.24, 2.45) is 0 Å². The summed E-state index contributed by atoms with van der Waals surface area (Å²) < 4.78 is 2.06. The van der Waals surface area contributed by atoms with Crippen molar-refractivity contribution in [3.8, 4) is 0 Å². The molecule has 1 aliphatic rings. The number of nitrogens with one attached hydrogen (secondary N) is 1. The van der Waals surface area contributed by atoms with Gasteiger partial charge in [0.05, 0.1) is 5.69 Å². The Morgan fingerprint density at radius 1 is 1.16 bits per heavy atom. The Bertz CT molecular complexity index is 598. The van der Waals surface area contributed by atoms with Gasteiger partial charge >= 0.3 is 0 Å². The van der Waals surface area contributed by atoms with Crippen molar-refractivity contribution in [2.45, 2.75) is 25.3 Å². The lowest BCUT2D eigenvalue weighted by Gasteiger charge is -2.26.